The predicted molar refractivity (Wildman–Crippen MR) is 53.3 cm³/mol. The molecule has 2 aromatic heterocycles. The summed E-state index contributed by atoms with van der Waals surface area (Å²) >= 11 is 0. The molecule has 0 saturated heterocycles. The summed E-state index contributed by atoms with van der Waals surface area (Å²) in [6.07, 6.45) is 4.89. The topological polar surface area (TPSA) is 105 Å². The van der Waals surface area contributed by atoms with Gasteiger partial charge in [-0.1, -0.05) is 0 Å². The monoisotopic (exact) mass is 206 g/mol. The van der Waals surface area contributed by atoms with Crippen molar-refractivity contribution in [2.45, 2.75) is 0 Å². The predicted octanol–water partition coefficient (Wildman–Crippen LogP) is -0.713. The maximum absolute atomic E-state index is 10.9. The summed E-state index contributed by atoms with van der Waals surface area (Å²) in [6, 6.07) is 0. The van der Waals surface area contributed by atoms with Crippen LogP contribution >= 0.6 is 0 Å². The Morgan fingerprint density at radius 1 is 1.53 bits per heavy atom. The number of nitrogens with two attached hydrogens (primary N) is 2. The molecule has 0 radical (unpaired) electrons. The van der Waals surface area contributed by atoms with E-state index in [0.717, 1.165) is 0 Å². The van der Waals surface area contributed by atoms with Gasteiger partial charge in [-0.2, -0.15) is 5.10 Å². The standard InChI is InChI=1S/C8H10N6O/c1-13-3-2-11-8(13)14-4-5(9)6(12-14)7(10)15/h2-4H,9H2,1H3,(H2,10,15). The van der Waals surface area contributed by atoms with E-state index in [2.05, 4.69) is 10.1 Å². The molecule has 0 saturated carbocycles. The lowest BCUT2D eigenvalue weighted by Crippen LogP contribution is -2.14. The molecule has 0 spiro atoms. The third-order valence-electron chi connectivity index (χ3n) is 1.98. The normalized spacial score (nSPS) is 10.5. The fourth-order valence-electron chi connectivity index (χ4n) is 1.26. The van der Waals surface area contributed by atoms with E-state index in [9.17, 15) is 4.79 Å². The zero-order chi connectivity index (χ0) is 11.0. The molecular weight excluding hydrogens is 196 g/mol. The van der Waals surface area contributed by atoms with Gasteiger partial charge in [0, 0.05) is 19.4 Å². The fraction of sp³-hybridized carbons (Fsp3) is 0.125. The summed E-state index contributed by atoms with van der Waals surface area (Å²) in [4.78, 5) is 15.0. The zero-order valence-electron chi connectivity index (χ0n) is 8.08. The molecule has 7 nitrogen and oxygen atoms in total. The van der Waals surface area contributed by atoms with Crippen LogP contribution in [-0.2, 0) is 7.05 Å². The summed E-state index contributed by atoms with van der Waals surface area (Å²) in [6.45, 7) is 0. The van der Waals surface area contributed by atoms with Gasteiger partial charge in [0.05, 0.1) is 11.9 Å². The first-order valence-electron chi connectivity index (χ1n) is 4.22. The van der Waals surface area contributed by atoms with Gasteiger partial charge in [0.1, 0.15) is 0 Å². The minimum atomic E-state index is -0.652. The van der Waals surface area contributed by atoms with Crippen LogP contribution in [-0.4, -0.2) is 25.2 Å². The van der Waals surface area contributed by atoms with E-state index in [1.165, 1.54) is 10.9 Å². The SMILES string of the molecule is Cn1ccnc1-n1cc(N)c(C(N)=O)n1. The molecular formula is C8H10N6O. The first kappa shape index (κ1) is 9.25. The Labute approximate surface area is 85.3 Å². The van der Waals surface area contributed by atoms with Gasteiger partial charge in [0.25, 0.3) is 5.91 Å². The van der Waals surface area contributed by atoms with E-state index < -0.39 is 5.91 Å². The van der Waals surface area contributed by atoms with Gasteiger partial charge in [0.2, 0.25) is 5.95 Å². The molecule has 2 rings (SSSR count). The van der Waals surface area contributed by atoms with Crippen LogP contribution in [0.1, 0.15) is 10.5 Å². The molecule has 0 fully saturated rings. The van der Waals surface area contributed by atoms with Crippen molar-refractivity contribution in [2.24, 2.45) is 12.8 Å². The van der Waals surface area contributed by atoms with Crippen LogP contribution in [0.15, 0.2) is 18.6 Å². The summed E-state index contributed by atoms with van der Waals surface area (Å²) in [7, 11) is 1.81. The highest BCUT2D eigenvalue weighted by Crippen LogP contribution is 2.11. The third-order valence-corrected chi connectivity index (χ3v) is 1.98. The molecule has 1 amide bonds. The first-order valence-corrected chi connectivity index (χ1v) is 4.22. The number of imidazole rings is 1. The largest absolute Gasteiger partial charge is 0.395 e. The summed E-state index contributed by atoms with van der Waals surface area (Å²) in [5, 5.41) is 3.95. The summed E-state index contributed by atoms with van der Waals surface area (Å²) < 4.78 is 3.16. The van der Waals surface area contributed by atoms with Gasteiger partial charge < -0.3 is 16.0 Å². The van der Waals surface area contributed by atoms with Crippen molar-refractivity contribution in [3.05, 3.63) is 24.3 Å². The van der Waals surface area contributed by atoms with Crippen molar-refractivity contribution in [1.29, 1.82) is 0 Å². The number of hydrogen-bond acceptors (Lipinski definition) is 4. The molecule has 78 valence electrons. The van der Waals surface area contributed by atoms with Gasteiger partial charge in [-0.3, -0.25) is 4.79 Å². The van der Waals surface area contributed by atoms with Gasteiger partial charge in [-0.05, 0) is 0 Å². The van der Waals surface area contributed by atoms with Crippen molar-refractivity contribution < 1.29 is 4.79 Å². The third kappa shape index (κ3) is 1.43. The Kier molecular flexibility index (Phi) is 1.93. The Hall–Kier alpha value is -2.31. The number of aryl methyl sites for hydroxylation is 1. The second-order valence-electron chi connectivity index (χ2n) is 3.08. The van der Waals surface area contributed by atoms with Crippen LogP contribution in [0.4, 0.5) is 5.69 Å². The highest BCUT2D eigenvalue weighted by Gasteiger charge is 2.13. The molecule has 0 unspecified atom stereocenters. The summed E-state index contributed by atoms with van der Waals surface area (Å²) in [5.74, 6) is -0.0883. The number of amides is 1. The quantitative estimate of drug-likeness (QED) is 0.676. The molecule has 0 aromatic carbocycles. The number of carbonyl (C=O) groups is 1. The number of hydrogen-bond donors (Lipinski definition) is 2. The lowest BCUT2D eigenvalue weighted by Gasteiger charge is -1.99. The van der Waals surface area contributed by atoms with Crippen LogP contribution < -0.4 is 11.5 Å². The van der Waals surface area contributed by atoms with Crippen molar-refractivity contribution in [3.8, 4) is 5.95 Å². The first-order chi connectivity index (χ1) is 7.09. The molecule has 2 heterocycles. The van der Waals surface area contributed by atoms with E-state index in [-0.39, 0.29) is 11.4 Å². The molecule has 2 aromatic rings. The molecule has 7 heteroatoms. The molecule has 15 heavy (non-hydrogen) atoms. The highest BCUT2D eigenvalue weighted by atomic mass is 16.1. The van der Waals surface area contributed by atoms with Gasteiger partial charge >= 0.3 is 0 Å². The van der Waals surface area contributed by atoms with Crippen LogP contribution in [0.3, 0.4) is 0 Å². The van der Waals surface area contributed by atoms with Crippen LogP contribution in [0.2, 0.25) is 0 Å². The molecule has 0 aliphatic carbocycles. The van der Waals surface area contributed by atoms with Gasteiger partial charge in [0.15, 0.2) is 5.69 Å². The van der Waals surface area contributed by atoms with Gasteiger partial charge in [-0.25, -0.2) is 9.67 Å². The highest BCUT2D eigenvalue weighted by molar-refractivity contribution is 5.95. The minimum Gasteiger partial charge on any atom is -0.395 e. The van der Waals surface area contributed by atoms with Crippen LogP contribution in [0.25, 0.3) is 5.95 Å². The van der Waals surface area contributed by atoms with E-state index >= 15 is 0 Å². The van der Waals surface area contributed by atoms with E-state index in [1.807, 2.05) is 7.05 Å². The Morgan fingerprint density at radius 3 is 2.73 bits per heavy atom. The van der Waals surface area contributed by atoms with Crippen molar-refractivity contribution >= 4 is 11.6 Å². The molecule has 0 aliphatic heterocycles. The second-order valence-corrected chi connectivity index (χ2v) is 3.08. The average molecular weight is 206 g/mol. The minimum absolute atomic E-state index is 0.0537. The summed E-state index contributed by atoms with van der Waals surface area (Å²) in [5.41, 5.74) is 11.0. The zero-order valence-corrected chi connectivity index (χ0v) is 8.08. The number of nitrogen functional groups attached to an aromatic ring is 1. The fourth-order valence-corrected chi connectivity index (χ4v) is 1.26. The van der Waals surface area contributed by atoms with Crippen LogP contribution in [0, 0.1) is 0 Å². The maximum atomic E-state index is 10.9. The van der Waals surface area contributed by atoms with Crippen molar-refractivity contribution in [3.63, 3.8) is 0 Å². The molecule has 4 N–H and O–H groups in total. The lowest BCUT2D eigenvalue weighted by atomic mass is 10.4. The Balaban J connectivity index is 2.52. The van der Waals surface area contributed by atoms with E-state index in [1.54, 1.807) is 17.0 Å². The smallest absolute Gasteiger partial charge is 0.271 e. The molecule has 0 atom stereocenters. The molecule has 0 aliphatic rings. The number of nitrogens with zero attached hydrogens (tertiary/aromatic N) is 4. The Bertz CT molecular complexity index is 511. The number of aromatic nitrogens is 4. The second kappa shape index (κ2) is 3.12. The lowest BCUT2D eigenvalue weighted by molar-refractivity contribution is 0.0996. The van der Waals surface area contributed by atoms with Crippen LogP contribution in [0.5, 0.6) is 0 Å². The maximum Gasteiger partial charge on any atom is 0.271 e. The van der Waals surface area contributed by atoms with Crippen molar-refractivity contribution in [2.75, 3.05) is 5.73 Å². The van der Waals surface area contributed by atoms with E-state index in [0.29, 0.717) is 5.95 Å². The molecule has 0 bridgehead atoms. The van der Waals surface area contributed by atoms with E-state index in [4.69, 9.17) is 11.5 Å². The van der Waals surface area contributed by atoms with Crippen molar-refractivity contribution in [1.82, 2.24) is 19.3 Å². The Morgan fingerprint density at radius 2 is 2.27 bits per heavy atom. The van der Waals surface area contributed by atoms with Gasteiger partial charge in [-0.15, -0.1) is 0 Å². The number of rotatable bonds is 2. The number of anilines is 1. The number of primary amides is 1. The average Bonchev–Trinajstić information content (AvgIpc) is 2.71. The number of carbonyl (C=O) groups excluding carboxylic acids is 1.